The summed E-state index contributed by atoms with van der Waals surface area (Å²) in [5.74, 6) is 2.28. The maximum atomic E-state index is 5.79. The minimum atomic E-state index is -0.803. The predicted octanol–water partition coefficient (Wildman–Crippen LogP) is 8.58. The maximum absolute atomic E-state index is 5.79. The van der Waals surface area contributed by atoms with Crippen molar-refractivity contribution in [2.24, 2.45) is 5.92 Å². The van der Waals surface area contributed by atoms with E-state index in [-0.39, 0.29) is 0 Å². The van der Waals surface area contributed by atoms with Crippen LogP contribution in [0.3, 0.4) is 0 Å². The van der Waals surface area contributed by atoms with Crippen molar-refractivity contribution in [2.75, 3.05) is 14.2 Å². The molecule has 0 radical (unpaired) electrons. The molecule has 0 saturated heterocycles. The van der Waals surface area contributed by atoms with Gasteiger partial charge in [0.25, 0.3) is 0 Å². The molecule has 0 aromatic heterocycles. The number of ether oxygens (including phenoxy) is 2. The lowest BCUT2D eigenvalue weighted by Crippen LogP contribution is -2.29. The third-order valence-corrected chi connectivity index (χ3v) is 14.4. The monoisotopic (exact) mass is 606 g/mol. The van der Waals surface area contributed by atoms with Crippen molar-refractivity contribution in [2.45, 2.75) is 54.1 Å². The molecule has 4 heteroatoms. The van der Waals surface area contributed by atoms with E-state index in [0.29, 0.717) is 11.6 Å². The fourth-order valence-corrected chi connectivity index (χ4v) is 13.0. The van der Waals surface area contributed by atoms with E-state index in [1.807, 2.05) is 0 Å². The molecule has 2 atom stereocenters. The lowest BCUT2D eigenvalue weighted by molar-refractivity contribution is 0.408. The third kappa shape index (κ3) is 6.11. The second kappa shape index (κ2) is 13.2. The van der Waals surface area contributed by atoms with Crippen molar-refractivity contribution < 1.29 is 9.47 Å². The molecule has 1 aliphatic carbocycles. The Labute approximate surface area is 261 Å². The van der Waals surface area contributed by atoms with Gasteiger partial charge in [0.2, 0.25) is 0 Å². The molecule has 1 aliphatic rings. The highest BCUT2D eigenvalue weighted by Crippen LogP contribution is 2.56. The van der Waals surface area contributed by atoms with E-state index in [2.05, 4.69) is 139 Å². The van der Waals surface area contributed by atoms with Gasteiger partial charge < -0.3 is 9.47 Å². The molecule has 4 aromatic rings. The van der Waals surface area contributed by atoms with Crippen molar-refractivity contribution in [1.82, 2.24) is 0 Å². The van der Waals surface area contributed by atoms with Crippen LogP contribution < -0.4 is 30.7 Å². The maximum Gasteiger partial charge on any atom is 0.124 e. The summed E-state index contributed by atoms with van der Waals surface area (Å²) in [6.07, 6.45) is 7.19. The molecule has 0 heterocycles. The number of rotatable bonds is 9. The molecule has 0 bridgehead atoms. The van der Waals surface area contributed by atoms with Gasteiger partial charge in [-0.15, -0.1) is 0 Å². The van der Waals surface area contributed by atoms with E-state index in [9.17, 15) is 0 Å². The number of allylic oxidation sites excluding steroid dienone is 4. The van der Waals surface area contributed by atoms with Gasteiger partial charge in [0.15, 0.2) is 0 Å². The minimum absolute atomic E-state index is 0.321. The summed E-state index contributed by atoms with van der Waals surface area (Å²) in [6, 6.07) is 27.5. The summed E-state index contributed by atoms with van der Waals surface area (Å²) in [5.41, 5.74) is 7.90. The molecule has 0 amide bonds. The van der Waals surface area contributed by atoms with Crippen LogP contribution in [-0.2, 0) is 0 Å². The molecule has 1 unspecified atom stereocenters. The first-order chi connectivity index (χ1) is 20.7. The van der Waals surface area contributed by atoms with E-state index in [0.717, 1.165) is 11.5 Å². The minimum Gasteiger partial charge on any atom is -0.496 e. The van der Waals surface area contributed by atoms with Crippen LogP contribution in [0.4, 0.5) is 0 Å². The van der Waals surface area contributed by atoms with Crippen molar-refractivity contribution in [3.05, 3.63) is 130 Å². The first-order valence-corrected chi connectivity index (χ1v) is 17.8. The fourth-order valence-electron chi connectivity index (χ4n) is 6.72. The highest BCUT2D eigenvalue weighted by Gasteiger charge is 2.36. The highest BCUT2D eigenvalue weighted by molar-refractivity contribution is 7.77. The number of hydrogen-bond donors (Lipinski definition) is 0. The summed E-state index contributed by atoms with van der Waals surface area (Å²) < 4.78 is 11.6. The SMILES string of the molecule is COc1c(C)cc(P(C2=CC=CC2[C@@H](C)P(c2ccccc2C)c2ccccc2C)c2cc(C)c(OC)c(C)c2)cc1C. The molecule has 5 rings (SSSR count). The zero-order valence-corrected chi connectivity index (χ0v) is 28.8. The van der Waals surface area contributed by atoms with Crippen LogP contribution in [0.1, 0.15) is 40.3 Å². The Morgan fingerprint density at radius 3 is 1.42 bits per heavy atom. The fraction of sp³-hybridized carbons (Fsp3) is 0.282. The van der Waals surface area contributed by atoms with Crippen LogP contribution in [0.5, 0.6) is 11.5 Å². The Morgan fingerprint density at radius 2 is 1.02 bits per heavy atom. The standard InChI is InChI=1S/C39H44O2P2/c1-25-15-10-12-18-35(25)42(36-19-13-11-16-26(36)2)31(7)34-17-14-20-37(34)43(32-21-27(3)38(40-8)28(4)22-32)33-23-29(5)39(41-9)30(6)24-33/h10-24,31,34H,1-9H3/t31-,34?/m1/s1. The normalized spacial score (nSPS) is 15.2. The Hall–Kier alpha value is -3.18. The quantitative estimate of drug-likeness (QED) is 0.178. The van der Waals surface area contributed by atoms with Gasteiger partial charge in [0.1, 0.15) is 11.5 Å². The lowest BCUT2D eigenvalue weighted by Gasteiger charge is -2.35. The largest absolute Gasteiger partial charge is 0.496 e. The first-order valence-electron chi connectivity index (χ1n) is 15.1. The predicted molar refractivity (Wildman–Crippen MR) is 190 cm³/mol. The van der Waals surface area contributed by atoms with Gasteiger partial charge >= 0.3 is 0 Å². The van der Waals surface area contributed by atoms with Gasteiger partial charge in [-0.2, -0.15) is 0 Å². The first kappa shape index (κ1) is 31.3. The lowest BCUT2D eigenvalue weighted by atomic mass is 10.1. The Bertz CT molecular complexity index is 1550. The van der Waals surface area contributed by atoms with Crippen LogP contribution in [0.2, 0.25) is 0 Å². The third-order valence-electron chi connectivity index (χ3n) is 8.68. The Kier molecular flexibility index (Phi) is 9.60. The van der Waals surface area contributed by atoms with Gasteiger partial charge in [-0.25, -0.2) is 0 Å². The zero-order chi connectivity index (χ0) is 30.8. The second-order valence-corrected chi connectivity index (χ2v) is 16.5. The van der Waals surface area contributed by atoms with E-state index < -0.39 is 15.8 Å². The summed E-state index contributed by atoms with van der Waals surface area (Å²) >= 11 is 0. The summed E-state index contributed by atoms with van der Waals surface area (Å²) in [6.45, 7) is 15.7. The van der Waals surface area contributed by atoms with E-state index >= 15 is 0 Å². The van der Waals surface area contributed by atoms with Gasteiger partial charge in [-0.05, 0) is 147 Å². The molecular weight excluding hydrogens is 562 g/mol. The number of benzene rings is 4. The molecule has 0 fully saturated rings. The summed E-state index contributed by atoms with van der Waals surface area (Å²) in [5, 5.41) is 7.23. The average Bonchev–Trinajstić information content (AvgIpc) is 3.44. The molecule has 222 valence electrons. The molecule has 0 N–H and O–H groups in total. The van der Waals surface area contributed by atoms with Crippen LogP contribution in [-0.4, -0.2) is 19.9 Å². The van der Waals surface area contributed by atoms with Crippen molar-refractivity contribution in [1.29, 1.82) is 0 Å². The number of hydrogen-bond acceptors (Lipinski definition) is 2. The Balaban J connectivity index is 1.68. The smallest absolute Gasteiger partial charge is 0.124 e. The van der Waals surface area contributed by atoms with Crippen LogP contribution >= 0.6 is 15.8 Å². The van der Waals surface area contributed by atoms with Gasteiger partial charge in [0.05, 0.1) is 14.2 Å². The molecule has 4 aromatic carbocycles. The average molecular weight is 607 g/mol. The molecule has 0 aliphatic heterocycles. The van der Waals surface area contributed by atoms with Gasteiger partial charge in [-0.1, -0.05) is 73.7 Å². The van der Waals surface area contributed by atoms with Crippen LogP contribution in [0, 0.1) is 47.5 Å². The van der Waals surface area contributed by atoms with Crippen molar-refractivity contribution >= 4 is 37.1 Å². The van der Waals surface area contributed by atoms with E-state index in [1.165, 1.54) is 59.9 Å². The number of methoxy groups -OCH3 is 2. The Morgan fingerprint density at radius 1 is 0.605 bits per heavy atom. The molecular formula is C39H44O2P2. The summed E-state index contributed by atoms with van der Waals surface area (Å²) in [4.78, 5) is 0. The van der Waals surface area contributed by atoms with Crippen molar-refractivity contribution in [3.8, 4) is 11.5 Å². The molecule has 43 heavy (non-hydrogen) atoms. The zero-order valence-electron chi connectivity index (χ0n) is 27.0. The molecule has 0 saturated carbocycles. The second-order valence-electron chi connectivity index (χ2n) is 11.7. The number of aryl methyl sites for hydroxylation is 6. The van der Waals surface area contributed by atoms with Crippen LogP contribution in [0.25, 0.3) is 0 Å². The summed E-state index contributed by atoms with van der Waals surface area (Å²) in [7, 11) is 2.13. The van der Waals surface area contributed by atoms with Gasteiger partial charge in [-0.3, -0.25) is 0 Å². The molecule has 2 nitrogen and oxygen atoms in total. The highest BCUT2D eigenvalue weighted by atomic mass is 31.1. The van der Waals surface area contributed by atoms with Crippen LogP contribution in [0.15, 0.2) is 96.3 Å². The topological polar surface area (TPSA) is 18.5 Å². The van der Waals surface area contributed by atoms with E-state index in [1.54, 1.807) is 14.2 Å². The van der Waals surface area contributed by atoms with Gasteiger partial charge in [0, 0.05) is 5.92 Å². The van der Waals surface area contributed by atoms with Crippen molar-refractivity contribution in [3.63, 3.8) is 0 Å². The van der Waals surface area contributed by atoms with E-state index in [4.69, 9.17) is 9.47 Å². The molecule has 0 spiro atoms.